The van der Waals surface area contributed by atoms with E-state index in [1.54, 1.807) is 0 Å². The number of methoxy groups -OCH3 is 3. The molecule has 1 aliphatic carbocycles. The number of nitrogens with two attached hydrogens (primary N) is 1. The first-order valence-corrected chi connectivity index (χ1v) is 7.10. The number of esters is 2. The second kappa shape index (κ2) is 11.6. The summed E-state index contributed by atoms with van der Waals surface area (Å²) in [6.07, 6.45) is 4.39. The van der Waals surface area contributed by atoms with Gasteiger partial charge in [-0.15, -0.1) is 0 Å². The van der Waals surface area contributed by atoms with Crippen molar-refractivity contribution in [3.8, 4) is 0 Å². The van der Waals surface area contributed by atoms with E-state index in [0.717, 1.165) is 27.1 Å². The molecule has 0 spiro atoms. The van der Waals surface area contributed by atoms with Gasteiger partial charge in [0.2, 0.25) is 11.8 Å². The van der Waals surface area contributed by atoms with Crippen LogP contribution in [0.3, 0.4) is 0 Å². The fourth-order valence-electron chi connectivity index (χ4n) is 2.13. The number of Topliss-reactive ketones (excluding diaryl/α,β-unsaturated/α-hetero) is 1. The number of rotatable bonds is 6. The maximum Gasteiger partial charge on any atom is 0.327 e. The van der Waals surface area contributed by atoms with E-state index in [-0.39, 0.29) is 18.4 Å². The van der Waals surface area contributed by atoms with Crippen molar-refractivity contribution in [2.75, 3.05) is 27.9 Å². The molecular weight excluding hydrogens is 308 g/mol. The molecule has 0 bridgehead atoms. The van der Waals surface area contributed by atoms with Crippen molar-refractivity contribution < 1.29 is 33.4 Å². The summed E-state index contributed by atoms with van der Waals surface area (Å²) in [6.45, 7) is -0.338. The van der Waals surface area contributed by atoms with E-state index in [9.17, 15) is 19.2 Å². The van der Waals surface area contributed by atoms with Crippen molar-refractivity contribution in [1.82, 2.24) is 5.43 Å². The average molecular weight is 332 g/mol. The second-order valence-corrected chi connectivity index (χ2v) is 4.87. The van der Waals surface area contributed by atoms with Crippen LogP contribution < -0.4 is 11.3 Å². The Bertz CT molecular complexity index is 403. The fourth-order valence-corrected chi connectivity index (χ4v) is 2.13. The zero-order valence-corrected chi connectivity index (χ0v) is 13.6. The third kappa shape index (κ3) is 7.20. The standard InChI is InChI=1S/C8H12O6.C6H12N2O/c1-12-4-5(9)6(7(10)13-2)8(11)14-3;7-8-6(9)5-3-1-2-4-5/h6H,4H2,1-3H3;5H,1-4,7H2,(H,8,9). The predicted octanol–water partition coefficient (Wildman–Crippen LogP) is -0.669. The highest BCUT2D eigenvalue weighted by atomic mass is 16.5. The van der Waals surface area contributed by atoms with Gasteiger partial charge in [0.05, 0.1) is 14.2 Å². The molecule has 0 saturated heterocycles. The number of hydrazine groups is 1. The molecule has 1 rings (SSSR count). The third-order valence-corrected chi connectivity index (χ3v) is 3.35. The van der Waals surface area contributed by atoms with E-state index < -0.39 is 23.6 Å². The van der Waals surface area contributed by atoms with E-state index in [1.807, 2.05) is 0 Å². The number of amides is 1. The Morgan fingerprint density at radius 3 is 1.87 bits per heavy atom. The number of carbonyl (C=O) groups is 4. The highest BCUT2D eigenvalue weighted by molar-refractivity contribution is 6.15. The molecule has 3 N–H and O–H groups in total. The maximum atomic E-state index is 11.2. The van der Waals surface area contributed by atoms with Gasteiger partial charge in [0, 0.05) is 13.0 Å². The molecule has 132 valence electrons. The fraction of sp³-hybridized carbons (Fsp3) is 0.714. The minimum Gasteiger partial charge on any atom is -0.468 e. The third-order valence-electron chi connectivity index (χ3n) is 3.35. The molecule has 0 aliphatic heterocycles. The first kappa shape index (κ1) is 21.0. The minimum atomic E-state index is -1.55. The smallest absolute Gasteiger partial charge is 0.327 e. The Morgan fingerprint density at radius 2 is 1.52 bits per heavy atom. The van der Waals surface area contributed by atoms with Gasteiger partial charge in [0.15, 0.2) is 5.78 Å². The molecule has 1 saturated carbocycles. The molecular formula is C14H24N2O7. The molecule has 23 heavy (non-hydrogen) atoms. The molecule has 9 heteroatoms. The summed E-state index contributed by atoms with van der Waals surface area (Å²) in [5.74, 6) is 1.03. The van der Waals surface area contributed by atoms with Crippen molar-refractivity contribution in [2.45, 2.75) is 25.7 Å². The average Bonchev–Trinajstić information content (AvgIpc) is 3.09. The monoisotopic (exact) mass is 332 g/mol. The summed E-state index contributed by atoms with van der Waals surface area (Å²) in [5.41, 5.74) is 2.17. The van der Waals surface area contributed by atoms with Gasteiger partial charge < -0.3 is 14.2 Å². The summed E-state index contributed by atoms with van der Waals surface area (Å²) in [7, 11) is 3.44. The van der Waals surface area contributed by atoms with Crippen LogP contribution in [0.2, 0.25) is 0 Å². The molecule has 0 aromatic carbocycles. The minimum absolute atomic E-state index is 0.00694. The van der Waals surface area contributed by atoms with Crippen LogP contribution in [0.15, 0.2) is 0 Å². The Morgan fingerprint density at radius 1 is 1.04 bits per heavy atom. The van der Waals surface area contributed by atoms with Crippen LogP contribution in [0, 0.1) is 11.8 Å². The van der Waals surface area contributed by atoms with E-state index in [1.165, 1.54) is 20.0 Å². The number of ether oxygens (including phenoxy) is 3. The lowest BCUT2D eigenvalue weighted by atomic mass is 10.1. The molecule has 1 aliphatic rings. The first-order valence-electron chi connectivity index (χ1n) is 7.10. The molecule has 0 aromatic heterocycles. The molecule has 0 unspecified atom stereocenters. The van der Waals surface area contributed by atoms with E-state index in [4.69, 9.17) is 5.84 Å². The Kier molecular flexibility index (Phi) is 10.5. The molecule has 9 nitrogen and oxygen atoms in total. The van der Waals surface area contributed by atoms with Crippen LogP contribution >= 0.6 is 0 Å². The van der Waals surface area contributed by atoms with Gasteiger partial charge in [0.25, 0.3) is 0 Å². The lowest BCUT2D eigenvalue weighted by Gasteiger charge is -2.10. The highest BCUT2D eigenvalue weighted by Crippen LogP contribution is 2.24. The Balaban J connectivity index is 0.000000459. The van der Waals surface area contributed by atoms with Crippen LogP contribution in [0.4, 0.5) is 0 Å². The van der Waals surface area contributed by atoms with Crippen LogP contribution in [0.25, 0.3) is 0 Å². The highest BCUT2D eigenvalue weighted by Gasteiger charge is 2.35. The molecule has 1 fully saturated rings. The topological polar surface area (TPSA) is 134 Å². The van der Waals surface area contributed by atoms with E-state index in [0.29, 0.717) is 0 Å². The molecule has 0 aromatic rings. The van der Waals surface area contributed by atoms with Gasteiger partial charge in [-0.1, -0.05) is 12.8 Å². The summed E-state index contributed by atoms with van der Waals surface area (Å²) >= 11 is 0. The number of hydrogen-bond donors (Lipinski definition) is 2. The summed E-state index contributed by atoms with van der Waals surface area (Å²) in [4.78, 5) is 44.1. The number of ketones is 1. The maximum absolute atomic E-state index is 11.2. The SMILES string of the molecule is COCC(=O)C(C(=O)OC)C(=O)OC.NNC(=O)C1CCCC1. The van der Waals surface area contributed by atoms with Crippen molar-refractivity contribution in [3.63, 3.8) is 0 Å². The van der Waals surface area contributed by atoms with Crippen LogP contribution in [0.5, 0.6) is 0 Å². The molecule has 1 amide bonds. The zero-order chi connectivity index (χ0) is 17.8. The van der Waals surface area contributed by atoms with Crippen LogP contribution in [-0.2, 0) is 33.4 Å². The largest absolute Gasteiger partial charge is 0.468 e. The second-order valence-electron chi connectivity index (χ2n) is 4.87. The van der Waals surface area contributed by atoms with Gasteiger partial charge >= 0.3 is 11.9 Å². The van der Waals surface area contributed by atoms with Crippen LogP contribution in [-0.4, -0.2) is 51.6 Å². The van der Waals surface area contributed by atoms with Gasteiger partial charge in [0.1, 0.15) is 6.61 Å². The normalized spacial score (nSPS) is 13.8. The van der Waals surface area contributed by atoms with Crippen molar-refractivity contribution in [2.24, 2.45) is 17.7 Å². The quantitative estimate of drug-likeness (QED) is 0.215. The first-order chi connectivity index (χ1) is 10.9. The van der Waals surface area contributed by atoms with Crippen molar-refractivity contribution in [1.29, 1.82) is 0 Å². The lowest BCUT2D eigenvalue weighted by molar-refractivity contribution is -0.162. The summed E-state index contributed by atoms with van der Waals surface area (Å²) < 4.78 is 13.1. The number of nitrogens with one attached hydrogen (secondary N) is 1. The van der Waals surface area contributed by atoms with Crippen molar-refractivity contribution in [3.05, 3.63) is 0 Å². The van der Waals surface area contributed by atoms with Gasteiger partial charge in [-0.25, -0.2) is 5.84 Å². The van der Waals surface area contributed by atoms with E-state index in [2.05, 4.69) is 19.6 Å². The Hall–Kier alpha value is -2.00. The molecule has 0 radical (unpaired) electrons. The predicted molar refractivity (Wildman–Crippen MR) is 78.7 cm³/mol. The Labute approximate surface area is 134 Å². The van der Waals surface area contributed by atoms with Gasteiger partial charge in [-0.05, 0) is 12.8 Å². The summed E-state index contributed by atoms with van der Waals surface area (Å²) in [5, 5.41) is 0. The van der Waals surface area contributed by atoms with Crippen LogP contribution in [0.1, 0.15) is 25.7 Å². The van der Waals surface area contributed by atoms with Gasteiger partial charge in [-0.2, -0.15) is 0 Å². The van der Waals surface area contributed by atoms with Gasteiger partial charge in [-0.3, -0.25) is 24.6 Å². The summed E-state index contributed by atoms with van der Waals surface area (Å²) in [6, 6.07) is 0. The molecule has 0 heterocycles. The zero-order valence-electron chi connectivity index (χ0n) is 13.6. The number of hydrogen-bond acceptors (Lipinski definition) is 8. The number of carbonyl (C=O) groups excluding carboxylic acids is 4. The van der Waals surface area contributed by atoms with Crippen molar-refractivity contribution >= 4 is 23.6 Å². The van der Waals surface area contributed by atoms with E-state index >= 15 is 0 Å². The molecule has 0 atom stereocenters. The lowest BCUT2D eigenvalue weighted by Crippen LogP contribution is -2.35.